The van der Waals surface area contributed by atoms with Crippen molar-refractivity contribution in [3.8, 4) is 0 Å². The standard InChI is InChI=1S/C13H18N2O2/c16-13(15-10-12-4-2-8-17-12)6-5-11-3-1-7-14-9-11/h1,3,7,9,12H,2,4-6,8,10H2,(H,15,16). The Bertz CT molecular complexity index is 348. The Morgan fingerprint density at radius 2 is 2.53 bits per heavy atom. The first-order valence-corrected chi connectivity index (χ1v) is 6.12. The molecule has 1 aliphatic rings. The molecule has 1 amide bonds. The van der Waals surface area contributed by atoms with Crippen LogP contribution in [0.4, 0.5) is 0 Å². The highest BCUT2D eigenvalue weighted by Gasteiger charge is 2.15. The Morgan fingerprint density at radius 1 is 1.59 bits per heavy atom. The lowest BCUT2D eigenvalue weighted by atomic mass is 10.1. The largest absolute Gasteiger partial charge is 0.376 e. The van der Waals surface area contributed by atoms with E-state index in [1.54, 1.807) is 12.4 Å². The van der Waals surface area contributed by atoms with Gasteiger partial charge in [-0.2, -0.15) is 0 Å². The number of nitrogens with one attached hydrogen (secondary N) is 1. The molecular weight excluding hydrogens is 216 g/mol. The van der Waals surface area contributed by atoms with Crippen molar-refractivity contribution >= 4 is 5.91 Å². The average molecular weight is 234 g/mol. The van der Waals surface area contributed by atoms with Crippen LogP contribution in [0.15, 0.2) is 24.5 Å². The molecule has 92 valence electrons. The van der Waals surface area contributed by atoms with E-state index in [2.05, 4.69) is 10.3 Å². The van der Waals surface area contributed by atoms with Crippen LogP contribution in [0.25, 0.3) is 0 Å². The molecule has 2 rings (SSSR count). The smallest absolute Gasteiger partial charge is 0.220 e. The van der Waals surface area contributed by atoms with Crippen LogP contribution in [0, 0.1) is 0 Å². The van der Waals surface area contributed by atoms with Crippen LogP contribution in [0.3, 0.4) is 0 Å². The number of pyridine rings is 1. The predicted molar refractivity (Wildman–Crippen MR) is 64.5 cm³/mol. The molecule has 1 fully saturated rings. The van der Waals surface area contributed by atoms with Gasteiger partial charge in [0.25, 0.3) is 0 Å². The molecular formula is C13H18N2O2. The van der Waals surface area contributed by atoms with Crippen LogP contribution >= 0.6 is 0 Å². The minimum atomic E-state index is 0.0874. The van der Waals surface area contributed by atoms with E-state index in [0.717, 1.165) is 31.4 Å². The number of rotatable bonds is 5. The van der Waals surface area contributed by atoms with Gasteiger partial charge in [-0.15, -0.1) is 0 Å². The number of aryl methyl sites for hydroxylation is 1. The van der Waals surface area contributed by atoms with Crippen molar-refractivity contribution in [2.24, 2.45) is 0 Å². The van der Waals surface area contributed by atoms with Gasteiger partial charge in [0.15, 0.2) is 0 Å². The molecule has 0 radical (unpaired) electrons. The zero-order valence-corrected chi connectivity index (χ0v) is 9.89. The second-order valence-corrected chi connectivity index (χ2v) is 4.30. The van der Waals surface area contributed by atoms with E-state index in [1.807, 2.05) is 12.1 Å². The molecule has 4 heteroatoms. The summed E-state index contributed by atoms with van der Waals surface area (Å²) in [5.41, 5.74) is 1.10. The molecule has 17 heavy (non-hydrogen) atoms. The average Bonchev–Trinajstić information content (AvgIpc) is 2.88. The summed E-state index contributed by atoms with van der Waals surface area (Å²) in [6.45, 7) is 1.47. The molecule has 0 bridgehead atoms. The van der Waals surface area contributed by atoms with E-state index >= 15 is 0 Å². The summed E-state index contributed by atoms with van der Waals surface area (Å²) in [5, 5.41) is 2.91. The van der Waals surface area contributed by atoms with E-state index < -0.39 is 0 Å². The van der Waals surface area contributed by atoms with Gasteiger partial charge in [0.2, 0.25) is 5.91 Å². The Hall–Kier alpha value is -1.42. The van der Waals surface area contributed by atoms with E-state index in [9.17, 15) is 4.79 Å². The number of carbonyl (C=O) groups is 1. The third kappa shape index (κ3) is 4.15. The first kappa shape index (κ1) is 12.0. The van der Waals surface area contributed by atoms with Gasteiger partial charge < -0.3 is 10.1 Å². The Balaban J connectivity index is 1.64. The van der Waals surface area contributed by atoms with Crippen LogP contribution in [-0.2, 0) is 16.0 Å². The summed E-state index contributed by atoms with van der Waals surface area (Å²) in [4.78, 5) is 15.6. The number of aromatic nitrogens is 1. The summed E-state index contributed by atoms with van der Waals surface area (Å²) in [7, 11) is 0. The molecule has 1 atom stereocenters. The summed E-state index contributed by atoms with van der Waals surface area (Å²) < 4.78 is 5.44. The highest BCUT2D eigenvalue weighted by molar-refractivity contribution is 5.76. The molecule has 0 spiro atoms. The van der Waals surface area contributed by atoms with Crippen molar-refractivity contribution in [2.75, 3.05) is 13.2 Å². The maximum atomic E-state index is 11.6. The minimum absolute atomic E-state index is 0.0874. The fraction of sp³-hybridized carbons (Fsp3) is 0.538. The lowest BCUT2D eigenvalue weighted by Gasteiger charge is -2.10. The van der Waals surface area contributed by atoms with Crippen molar-refractivity contribution in [3.05, 3.63) is 30.1 Å². The number of carbonyl (C=O) groups excluding carboxylic acids is 1. The van der Waals surface area contributed by atoms with Gasteiger partial charge in [-0.3, -0.25) is 9.78 Å². The topological polar surface area (TPSA) is 51.2 Å². The first-order valence-electron chi connectivity index (χ1n) is 6.12. The number of amides is 1. The highest BCUT2D eigenvalue weighted by atomic mass is 16.5. The third-order valence-electron chi connectivity index (χ3n) is 2.91. The van der Waals surface area contributed by atoms with Crippen molar-refractivity contribution in [2.45, 2.75) is 31.8 Å². The van der Waals surface area contributed by atoms with Crippen molar-refractivity contribution in [1.29, 1.82) is 0 Å². The Labute approximate surface area is 101 Å². The van der Waals surface area contributed by atoms with Crippen molar-refractivity contribution in [3.63, 3.8) is 0 Å². The Kier molecular flexibility index (Phi) is 4.50. The molecule has 0 saturated carbocycles. The number of nitrogens with zero attached hydrogens (tertiary/aromatic N) is 1. The second kappa shape index (κ2) is 6.35. The molecule has 0 aliphatic carbocycles. The fourth-order valence-corrected chi connectivity index (χ4v) is 1.93. The van der Waals surface area contributed by atoms with Gasteiger partial charge in [-0.25, -0.2) is 0 Å². The second-order valence-electron chi connectivity index (χ2n) is 4.30. The quantitative estimate of drug-likeness (QED) is 0.835. The zero-order chi connectivity index (χ0) is 11.9. The van der Waals surface area contributed by atoms with Crippen LogP contribution in [-0.4, -0.2) is 30.1 Å². The SMILES string of the molecule is O=C(CCc1cccnc1)NCC1CCCO1. The van der Waals surface area contributed by atoms with Gasteiger partial charge in [0.05, 0.1) is 6.10 Å². The van der Waals surface area contributed by atoms with Crippen LogP contribution < -0.4 is 5.32 Å². The van der Waals surface area contributed by atoms with E-state index in [1.165, 1.54) is 0 Å². The third-order valence-corrected chi connectivity index (χ3v) is 2.91. The summed E-state index contributed by atoms with van der Waals surface area (Å²) in [6.07, 6.45) is 7.18. The Morgan fingerprint density at radius 3 is 3.24 bits per heavy atom. The minimum Gasteiger partial charge on any atom is -0.376 e. The molecule has 1 aromatic rings. The molecule has 0 aromatic carbocycles. The molecule has 1 N–H and O–H groups in total. The molecule has 2 heterocycles. The maximum Gasteiger partial charge on any atom is 0.220 e. The van der Waals surface area contributed by atoms with Gasteiger partial charge >= 0.3 is 0 Å². The predicted octanol–water partition coefficient (Wildman–Crippen LogP) is 1.31. The van der Waals surface area contributed by atoms with Gasteiger partial charge in [-0.1, -0.05) is 6.07 Å². The molecule has 1 saturated heterocycles. The molecule has 4 nitrogen and oxygen atoms in total. The maximum absolute atomic E-state index is 11.6. The zero-order valence-electron chi connectivity index (χ0n) is 9.89. The van der Waals surface area contributed by atoms with E-state index in [-0.39, 0.29) is 12.0 Å². The van der Waals surface area contributed by atoms with Gasteiger partial charge in [-0.05, 0) is 30.9 Å². The number of ether oxygens (including phenoxy) is 1. The summed E-state index contributed by atoms with van der Waals surface area (Å²) in [6, 6.07) is 3.87. The van der Waals surface area contributed by atoms with Crippen LogP contribution in [0.5, 0.6) is 0 Å². The fourth-order valence-electron chi connectivity index (χ4n) is 1.93. The molecule has 1 unspecified atom stereocenters. The summed E-state index contributed by atoms with van der Waals surface area (Å²) in [5.74, 6) is 0.0874. The number of hydrogen-bond donors (Lipinski definition) is 1. The van der Waals surface area contributed by atoms with Crippen molar-refractivity contribution in [1.82, 2.24) is 10.3 Å². The van der Waals surface area contributed by atoms with Crippen molar-refractivity contribution < 1.29 is 9.53 Å². The monoisotopic (exact) mass is 234 g/mol. The summed E-state index contributed by atoms with van der Waals surface area (Å²) >= 11 is 0. The van der Waals surface area contributed by atoms with Crippen LogP contribution in [0.1, 0.15) is 24.8 Å². The molecule has 1 aromatic heterocycles. The van der Waals surface area contributed by atoms with Crippen LogP contribution in [0.2, 0.25) is 0 Å². The number of hydrogen-bond acceptors (Lipinski definition) is 3. The van der Waals surface area contributed by atoms with E-state index in [0.29, 0.717) is 13.0 Å². The lowest BCUT2D eigenvalue weighted by Crippen LogP contribution is -2.31. The first-order chi connectivity index (χ1) is 8.34. The normalized spacial score (nSPS) is 19.2. The van der Waals surface area contributed by atoms with E-state index in [4.69, 9.17) is 4.74 Å². The van der Waals surface area contributed by atoms with Gasteiger partial charge in [0, 0.05) is 32.0 Å². The van der Waals surface area contributed by atoms with Gasteiger partial charge in [0.1, 0.15) is 0 Å². The highest BCUT2D eigenvalue weighted by Crippen LogP contribution is 2.10. The lowest BCUT2D eigenvalue weighted by molar-refractivity contribution is -0.121. The molecule has 1 aliphatic heterocycles.